The Morgan fingerprint density at radius 3 is 1.38 bits per heavy atom. The average molecular weight is 233 g/mol. The van der Waals surface area contributed by atoms with Gasteiger partial charge in [0.1, 0.15) is 0 Å². The van der Waals surface area contributed by atoms with Gasteiger partial charge in [0.15, 0.2) is 0 Å². The van der Waals surface area contributed by atoms with Gasteiger partial charge in [-0.1, -0.05) is 0 Å². The van der Waals surface area contributed by atoms with Crippen LogP contribution < -0.4 is 5.32 Å². The van der Waals surface area contributed by atoms with Crippen LogP contribution in [0.4, 0.5) is 0 Å². The largest absolute Gasteiger partial charge is 0.326 e. The van der Waals surface area contributed by atoms with E-state index in [-0.39, 0.29) is 25.4 Å². The summed E-state index contributed by atoms with van der Waals surface area (Å²) in [5.74, 6) is 0. The number of hydrogen-bond acceptors (Lipinski definition) is 3. The van der Waals surface area contributed by atoms with Crippen LogP contribution in [0.3, 0.4) is 0 Å². The Morgan fingerprint density at radius 2 is 1.15 bits per heavy atom. The summed E-state index contributed by atoms with van der Waals surface area (Å²) in [6.45, 7) is 0.0918. The second kappa shape index (κ2) is 5.22. The van der Waals surface area contributed by atoms with Gasteiger partial charge in [0.2, 0.25) is 0 Å². The Labute approximate surface area is 75.5 Å². The summed E-state index contributed by atoms with van der Waals surface area (Å²) >= 11 is 0. The van der Waals surface area contributed by atoms with Gasteiger partial charge < -0.3 is 24.9 Å². The van der Waals surface area contributed by atoms with Gasteiger partial charge in [0.25, 0.3) is 0 Å². The molecule has 0 heterocycles. The van der Waals surface area contributed by atoms with E-state index in [4.69, 9.17) is 19.6 Å². The van der Waals surface area contributed by atoms with Crippen LogP contribution in [-0.2, 0) is 9.13 Å². The highest BCUT2D eigenvalue weighted by Gasteiger charge is 2.13. The monoisotopic (exact) mass is 233 g/mol. The van der Waals surface area contributed by atoms with Crippen LogP contribution in [0.2, 0.25) is 0 Å². The molecule has 0 aliphatic rings. The average Bonchev–Trinajstić information content (AvgIpc) is 1.81. The number of hydrogen-bond donors (Lipinski definition) is 5. The number of nitrogens with one attached hydrogen (secondary N) is 1. The lowest BCUT2D eigenvalue weighted by molar-refractivity contribution is 0.371. The van der Waals surface area contributed by atoms with Crippen LogP contribution in [-0.4, -0.2) is 45.0 Å². The second-order valence-corrected chi connectivity index (χ2v) is 6.08. The van der Waals surface area contributed by atoms with Crippen LogP contribution in [0.25, 0.3) is 0 Å². The van der Waals surface area contributed by atoms with Crippen LogP contribution >= 0.6 is 15.2 Å². The van der Waals surface area contributed by atoms with Crippen LogP contribution in [0, 0.1) is 0 Å². The molecule has 0 fully saturated rings. The molecule has 5 N–H and O–H groups in total. The molecule has 7 nitrogen and oxygen atoms in total. The second-order valence-electron chi connectivity index (χ2n) is 2.53. The predicted molar refractivity (Wildman–Crippen MR) is 46.7 cm³/mol. The summed E-state index contributed by atoms with van der Waals surface area (Å²) in [7, 11) is -8.01. The normalized spacial score (nSPS) is 13.2. The zero-order chi connectivity index (χ0) is 10.5. The minimum Gasteiger partial charge on any atom is -0.324 e. The van der Waals surface area contributed by atoms with Gasteiger partial charge in [-0.15, -0.1) is 0 Å². The quantitative estimate of drug-likeness (QED) is 0.292. The summed E-state index contributed by atoms with van der Waals surface area (Å²) in [4.78, 5) is 33.6. The Bertz CT molecular complexity index is 207. The maximum absolute atomic E-state index is 10.3. The van der Waals surface area contributed by atoms with Gasteiger partial charge in [0, 0.05) is 13.1 Å². The third-order valence-electron chi connectivity index (χ3n) is 1.16. The van der Waals surface area contributed by atoms with Crippen LogP contribution in [0.1, 0.15) is 0 Å². The highest BCUT2D eigenvalue weighted by Crippen LogP contribution is 2.34. The van der Waals surface area contributed by atoms with Crippen molar-refractivity contribution in [3.05, 3.63) is 0 Å². The topological polar surface area (TPSA) is 127 Å². The van der Waals surface area contributed by atoms with E-state index in [1.54, 1.807) is 0 Å². The van der Waals surface area contributed by atoms with Gasteiger partial charge in [-0.2, -0.15) is 0 Å². The fourth-order valence-electron chi connectivity index (χ4n) is 0.574. The van der Waals surface area contributed by atoms with Gasteiger partial charge in [-0.05, 0) is 0 Å². The summed E-state index contributed by atoms with van der Waals surface area (Å²) < 4.78 is 20.6. The van der Waals surface area contributed by atoms with Crippen molar-refractivity contribution in [2.75, 3.05) is 25.4 Å². The van der Waals surface area contributed by atoms with E-state index in [1.807, 2.05) is 0 Å². The molecular formula is C4H13NO6P2. The Kier molecular flexibility index (Phi) is 5.32. The Hall–Kier alpha value is 0.260. The zero-order valence-electron chi connectivity index (χ0n) is 6.83. The molecule has 0 aromatic carbocycles. The van der Waals surface area contributed by atoms with Crippen molar-refractivity contribution in [1.29, 1.82) is 0 Å². The third-order valence-corrected chi connectivity index (χ3v) is 2.77. The fourth-order valence-corrected chi connectivity index (χ4v) is 1.47. The van der Waals surface area contributed by atoms with E-state index in [1.165, 1.54) is 0 Å². The maximum Gasteiger partial charge on any atom is 0.326 e. The maximum atomic E-state index is 10.3. The summed E-state index contributed by atoms with van der Waals surface area (Å²) in [6, 6.07) is 0. The highest BCUT2D eigenvalue weighted by atomic mass is 31.2. The minimum absolute atomic E-state index is 0.0459. The van der Waals surface area contributed by atoms with Crippen LogP contribution in [0.15, 0.2) is 0 Å². The summed E-state index contributed by atoms with van der Waals surface area (Å²) in [5.41, 5.74) is 0. The molecule has 0 radical (unpaired) electrons. The Morgan fingerprint density at radius 1 is 0.846 bits per heavy atom. The molecule has 9 heteroatoms. The molecule has 0 aliphatic carbocycles. The van der Waals surface area contributed by atoms with Crippen molar-refractivity contribution in [3.8, 4) is 0 Å². The van der Waals surface area contributed by atoms with Crippen molar-refractivity contribution in [3.63, 3.8) is 0 Å². The van der Waals surface area contributed by atoms with Gasteiger partial charge >= 0.3 is 15.2 Å². The Balaban J connectivity index is 3.39. The van der Waals surface area contributed by atoms with Crippen molar-refractivity contribution in [2.24, 2.45) is 0 Å². The highest BCUT2D eigenvalue weighted by molar-refractivity contribution is 7.52. The molecular weight excluding hydrogens is 220 g/mol. The fraction of sp³-hybridized carbons (Fsp3) is 1.00. The molecule has 0 aliphatic heterocycles. The lowest BCUT2D eigenvalue weighted by Gasteiger charge is -2.06. The van der Waals surface area contributed by atoms with E-state index < -0.39 is 15.2 Å². The SMILES string of the molecule is O=P(O)(O)CCNCCP(=O)(O)O. The first kappa shape index (κ1) is 13.3. The van der Waals surface area contributed by atoms with E-state index in [0.717, 1.165) is 0 Å². The standard InChI is InChI=1S/C4H13NO6P2/c6-12(7,8)3-1-5-2-4-13(9,10)11/h5H,1-4H2,(H2,6,7,8)(H2,9,10,11). The van der Waals surface area contributed by atoms with E-state index in [2.05, 4.69) is 5.32 Å². The molecule has 0 rings (SSSR count). The smallest absolute Gasteiger partial charge is 0.324 e. The molecule has 0 atom stereocenters. The first-order chi connectivity index (χ1) is 5.71. The first-order valence-electron chi connectivity index (χ1n) is 3.50. The van der Waals surface area contributed by atoms with E-state index in [9.17, 15) is 9.13 Å². The molecule has 0 saturated carbocycles. The minimum atomic E-state index is -4.00. The van der Waals surface area contributed by atoms with Crippen molar-refractivity contribution in [2.45, 2.75) is 0 Å². The molecule has 80 valence electrons. The van der Waals surface area contributed by atoms with E-state index in [0.29, 0.717) is 0 Å². The van der Waals surface area contributed by atoms with Crippen LogP contribution in [0.5, 0.6) is 0 Å². The number of rotatable bonds is 6. The molecule has 0 bridgehead atoms. The van der Waals surface area contributed by atoms with Crippen molar-refractivity contribution < 1.29 is 28.7 Å². The van der Waals surface area contributed by atoms with Gasteiger partial charge in [0.05, 0.1) is 12.3 Å². The summed E-state index contributed by atoms with van der Waals surface area (Å²) in [6.07, 6.45) is -0.650. The van der Waals surface area contributed by atoms with Crippen molar-refractivity contribution >= 4 is 15.2 Å². The van der Waals surface area contributed by atoms with E-state index >= 15 is 0 Å². The third kappa shape index (κ3) is 12.3. The molecule has 0 amide bonds. The molecule has 0 unspecified atom stereocenters. The first-order valence-corrected chi connectivity index (χ1v) is 7.10. The zero-order valence-corrected chi connectivity index (χ0v) is 8.62. The van der Waals surface area contributed by atoms with Gasteiger partial charge in [-0.3, -0.25) is 9.13 Å². The van der Waals surface area contributed by atoms with Crippen molar-refractivity contribution in [1.82, 2.24) is 5.32 Å². The molecule has 0 aromatic rings. The molecule has 13 heavy (non-hydrogen) atoms. The molecule has 0 saturated heterocycles. The predicted octanol–water partition coefficient (Wildman–Crippen LogP) is -1.07. The lowest BCUT2D eigenvalue weighted by Crippen LogP contribution is -2.22. The molecule has 0 aromatic heterocycles. The lowest BCUT2D eigenvalue weighted by atomic mass is 10.7. The van der Waals surface area contributed by atoms with Gasteiger partial charge in [-0.25, -0.2) is 0 Å². The molecule has 0 spiro atoms. The summed E-state index contributed by atoms with van der Waals surface area (Å²) in [5, 5.41) is 2.51.